The summed E-state index contributed by atoms with van der Waals surface area (Å²) >= 11 is 0. The number of ether oxygens (including phenoxy) is 1. The van der Waals surface area contributed by atoms with E-state index in [4.69, 9.17) is 8.15 Å². The molecule has 0 heterocycles. The van der Waals surface area contributed by atoms with Crippen LogP contribution in [-0.2, 0) is 4.74 Å². The van der Waals surface area contributed by atoms with Crippen molar-refractivity contribution >= 4 is 5.71 Å². The largest absolute Gasteiger partial charge is 0.613 e. The fraction of sp³-hybridized carbons (Fsp3) is 0.222. The SMILES string of the molecule is [2H]C([2H])(C)OC([O-])=C1C=CC(=N)C=C1. The lowest BCUT2D eigenvalue weighted by Gasteiger charge is -2.15. The Morgan fingerprint density at radius 1 is 1.58 bits per heavy atom. The van der Waals surface area contributed by atoms with Crippen LogP contribution in [0.15, 0.2) is 35.8 Å². The van der Waals surface area contributed by atoms with Gasteiger partial charge < -0.3 is 15.3 Å². The molecule has 0 spiro atoms. The molecule has 0 aliphatic heterocycles. The van der Waals surface area contributed by atoms with Crippen molar-refractivity contribution in [3.05, 3.63) is 35.8 Å². The molecular weight excluding hydrogens is 154 g/mol. The van der Waals surface area contributed by atoms with E-state index in [2.05, 4.69) is 4.74 Å². The van der Waals surface area contributed by atoms with E-state index in [0.717, 1.165) is 6.92 Å². The monoisotopic (exact) mass is 166 g/mol. The van der Waals surface area contributed by atoms with Crippen LogP contribution >= 0.6 is 0 Å². The van der Waals surface area contributed by atoms with Gasteiger partial charge in [-0.05, 0) is 24.3 Å². The van der Waals surface area contributed by atoms with E-state index in [1.54, 1.807) is 0 Å². The summed E-state index contributed by atoms with van der Waals surface area (Å²) in [6, 6.07) is 0. The first-order valence-electron chi connectivity index (χ1n) is 4.43. The summed E-state index contributed by atoms with van der Waals surface area (Å²) in [4.78, 5) is 0. The summed E-state index contributed by atoms with van der Waals surface area (Å²) in [5, 5.41) is 18.4. The molecule has 0 aromatic heterocycles. The van der Waals surface area contributed by atoms with Crippen LogP contribution < -0.4 is 5.11 Å². The second kappa shape index (κ2) is 3.76. The Kier molecular flexibility index (Phi) is 1.90. The Bertz CT molecular complexity index is 319. The van der Waals surface area contributed by atoms with Crippen molar-refractivity contribution in [1.29, 1.82) is 5.41 Å². The van der Waals surface area contributed by atoms with Gasteiger partial charge in [-0.2, -0.15) is 0 Å². The van der Waals surface area contributed by atoms with Gasteiger partial charge in [0, 0.05) is 2.74 Å². The molecule has 0 saturated carbocycles. The van der Waals surface area contributed by atoms with Gasteiger partial charge >= 0.3 is 0 Å². The van der Waals surface area contributed by atoms with Crippen LogP contribution in [0.5, 0.6) is 0 Å². The van der Waals surface area contributed by atoms with Crippen molar-refractivity contribution < 1.29 is 12.6 Å². The van der Waals surface area contributed by atoms with Crippen LogP contribution in [0.1, 0.15) is 9.67 Å². The van der Waals surface area contributed by atoms with Crippen molar-refractivity contribution in [2.75, 3.05) is 6.56 Å². The number of allylic oxidation sites excluding steroid dienone is 5. The van der Waals surface area contributed by atoms with Gasteiger partial charge in [0.2, 0.25) is 0 Å². The Morgan fingerprint density at radius 2 is 2.17 bits per heavy atom. The number of hydrogen-bond acceptors (Lipinski definition) is 3. The van der Waals surface area contributed by atoms with E-state index in [0.29, 0.717) is 5.71 Å². The van der Waals surface area contributed by atoms with Crippen molar-refractivity contribution in [3.63, 3.8) is 0 Å². The predicted octanol–water partition coefficient (Wildman–Crippen LogP) is 0.741. The number of rotatable bonds is 2. The van der Waals surface area contributed by atoms with E-state index in [1.165, 1.54) is 24.3 Å². The molecule has 0 saturated heterocycles. The molecule has 1 N–H and O–H groups in total. The van der Waals surface area contributed by atoms with Gasteiger partial charge in [0.05, 0.1) is 11.7 Å². The minimum atomic E-state index is -1.98. The van der Waals surface area contributed by atoms with E-state index in [-0.39, 0.29) is 5.57 Å². The lowest BCUT2D eigenvalue weighted by atomic mass is 10.1. The van der Waals surface area contributed by atoms with Crippen LogP contribution in [0.2, 0.25) is 0 Å². The Morgan fingerprint density at radius 3 is 2.67 bits per heavy atom. The molecule has 3 heteroatoms. The molecule has 0 bridgehead atoms. The summed E-state index contributed by atoms with van der Waals surface area (Å²) in [7, 11) is 0. The molecule has 1 rings (SSSR count). The van der Waals surface area contributed by atoms with Crippen LogP contribution in [0.3, 0.4) is 0 Å². The second-order valence-electron chi connectivity index (χ2n) is 2.17. The lowest BCUT2D eigenvalue weighted by Crippen LogP contribution is -2.11. The van der Waals surface area contributed by atoms with Gasteiger partial charge in [-0.15, -0.1) is 0 Å². The van der Waals surface area contributed by atoms with E-state index in [1.807, 2.05) is 0 Å². The van der Waals surface area contributed by atoms with Crippen molar-refractivity contribution in [1.82, 2.24) is 0 Å². The van der Waals surface area contributed by atoms with Gasteiger partial charge in [-0.25, -0.2) is 0 Å². The van der Waals surface area contributed by atoms with Crippen LogP contribution in [0, 0.1) is 5.41 Å². The van der Waals surface area contributed by atoms with Gasteiger partial charge in [-0.3, -0.25) is 0 Å². The Balaban J connectivity index is 2.81. The molecule has 0 unspecified atom stereocenters. The van der Waals surface area contributed by atoms with Gasteiger partial charge in [-0.1, -0.05) is 19.1 Å². The molecule has 0 amide bonds. The molecule has 12 heavy (non-hydrogen) atoms. The highest BCUT2D eigenvalue weighted by molar-refractivity contribution is 6.03. The fourth-order valence-corrected chi connectivity index (χ4v) is 0.758. The zero-order valence-electron chi connectivity index (χ0n) is 8.63. The van der Waals surface area contributed by atoms with Gasteiger partial charge in [0.15, 0.2) is 0 Å². The molecule has 0 radical (unpaired) electrons. The summed E-state index contributed by atoms with van der Waals surface area (Å²) in [6.45, 7) is -0.819. The first kappa shape index (κ1) is 6.06. The highest BCUT2D eigenvalue weighted by atomic mass is 16.6. The second-order valence-corrected chi connectivity index (χ2v) is 2.17. The highest BCUT2D eigenvalue weighted by Crippen LogP contribution is 2.09. The number of hydrogen-bond donors (Lipinski definition) is 1. The average Bonchev–Trinajstić information content (AvgIpc) is 2.02. The summed E-state index contributed by atoms with van der Waals surface area (Å²) < 4.78 is 18.6. The maximum Gasteiger partial charge on any atom is 0.0587 e. The molecule has 0 aromatic rings. The topological polar surface area (TPSA) is 56.1 Å². The summed E-state index contributed by atoms with van der Waals surface area (Å²) in [6.07, 6.45) is 5.75. The third kappa shape index (κ3) is 1.99. The van der Waals surface area contributed by atoms with Crippen LogP contribution in [0.4, 0.5) is 0 Å². The molecule has 64 valence electrons. The Labute approximate surface area is 74.0 Å². The lowest BCUT2D eigenvalue weighted by molar-refractivity contribution is -0.357. The van der Waals surface area contributed by atoms with Crippen molar-refractivity contribution in [2.45, 2.75) is 6.92 Å². The van der Waals surface area contributed by atoms with Crippen LogP contribution in [-0.4, -0.2) is 12.3 Å². The quantitative estimate of drug-likeness (QED) is 0.615. The molecule has 3 nitrogen and oxygen atoms in total. The third-order valence-electron chi connectivity index (χ3n) is 1.32. The Hall–Kier alpha value is -1.51. The smallest absolute Gasteiger partial charge is 0.0587 e. The molecular formula is C9H10NO2-. The standard InChI is InChI=1S/C9H11NO2/c1-2-12-9(11)7-3-5-8(10)6-4-7/h3-6,10-11H,2H2,1H3/p-1/i2D2. The van der Waals surface area contributed by atoms with E-state index < -0.39 is 12.5 Å². The maximum absolute atomic E-state index is 11.2. The normalized spacial score (nSPS) is 18.8. The highest BCUT2D eigenvalue weighted by Gasteiger charge is 1.96. The molecule has 0 aromatic carbocycles. The van der Waals surface area contributed by atoms with Crippen molar-refractivity contribution in [2.24, 2.45) is 0 Å². The molecule has 0 atom stereocenters. The predicted molar refractivity (Wildman–Crippen MR) is 44.7 cm³/mol. The minimum Gasteiger partial charge on any atom is -0.613 e. The molecule has 1 aliphatic rings. The zero-order valence-corrected chi connectivity index (χ0v) is 6.63. The fourth-order valence-electron chi connectivity index (χ4n) is 0.758. The molecule has 1 aliphatic carbocycles. The maximum atomic E-state index is 11.2. The van der Waals surface area contributed by atoms with Gasteiger partial charge in [0.1, 0.15) is 0 Å². The first-order valence-corrected chi connectivity index (χ1v) is 3.43. The van der Waals surface area contributed by atoms with Crippen LogP contribution in [0.25, 0.3) is 0 Å². The van der Waals surface area contributed by atoms with Crippen molar-refractivity contribution in [3.8, 4) is 0 Å². The summed E-state index contributed by atoms with van der Waals surface area (Å²) in [5.41, 5.74) is 0.535. The van der Waals surface area contributed by atoms with E-state index >= 15 is 0 Å². The first-order chi connectivity index (χ1) is 6.38. The third-order valence-corrected chi connectivity index (χ3v) is 1.32. The summed E-state index contributed by atoms with van der Waals surface area (Å²) in [5.74, 6) is -0.725. The van der Waals surface area contributed by atoms with E-state index in [9.17, 15) is 5.11 Å². The minimum absolute atomic E-state index is 0.242. The zero-order chi connectivity index (χ0) is 10.8. The number of nitrogens with one attached hydrogen (secondary N) is 1. The molecule has 0 fully saturated rings. The van der Waals surface area contributed by atoms with Gasteiger partial charge in [0.25, 0.3) is 0 Å². The average molecular weight is 166 g/mol.